The molecule has 10 heteroatoms. The lowest BCUT2D eigenvalue weighted by Gasteiger charge is -2.38. The average molecular weight is 666 g/mol. The van der Waals surface area contributed by atoms with E-state index in [1.54, 1.807) is 38.2 Å². The molecule has 0 aliphatic heterocycles. The van der Waals surface area contributed by atoms with Gasteiger partial charge in [0.05, 0.1) is 5.56 Å². The number of hydrogen-bond donors (Lipinski definition) is 0. The van der Waals surface area contributed by atoms with Gasteiger partial charge in [-0.15, -0.1) is 0 Å². The average Bonchev–Trinajstić information content (AvgIpc) is 2.96. The number of carbonyl (C=O) groups is 3. The normalized spacial score (nSPS) is 14.5. The second kappa shape index (κ2) is 17.2. The van der Waals surface area contributed by atoms with Gasteiger partial charge in [0.15, 0.2) is 0 Å². The van der Waals surface area contributed by atoms with Gasteiger partial charge in [-0.05, 0) is 79.3 Å². The Morgan fingerprint density at radius 2 is 1.28 bits per heavy atom. The number of hydrogen-bond acceptors (Lipinski definition) is 3. The smallest absolute Gasteiger partial charge is 0.341 e. The quantitative estimate of drug-likeness (QED) is 0.195. The highest BCUT2D eigenvalue weighted by molar-refractivity contribution is 6.30. The van der Waals surface area contributed by atoms with Crippen molar-refractivity contribution in [2.24, 2.45) is 17.8 Å². The Labute approximate surface area is 278 Å². The van der Waals surface area contributed by atoms with Crippen molar-refractivity contribution in [3.05, 3.63) is 70.2 Å². The number of carbonyl (C=O) groups excluding carboxylic acids is 3. The molecule has 0 unspecified atom stereocenters. The first kappa shape index (κ1) is 39.1. The molecule has 0 radical (unpaired) electrons. The van der Waals surface area contributed by atoms with Gasteiger partial charge in [0.25, 0.3) is 0 Å². The Morgan fingerprint density at radius 1 is 0.717 bits per heavy atom. The number of amides is 3. The van der Waals surface area contributed by atoms with Gasteiger partial charge in [-0.1, -0.05) is 70.5 Å². The molecule has 0 aromatic heterocycles. The fourth-order valence-corrected chi connectivity index (χ4v) is 5.96. The largest absolute Gasteiger partial charge is 0.416 e. The van der Waals surface area contributed by atoms with E-state index in [0.717, 1.165) is 24.1 Å². The molecular weight excluding hydrogens is 615 g/mol. The summed E-state index contributed by atoms with van der Waals surface area (Å²) in [4.78, 5) is 46.4. The molecule has 0 saturated carbocycles. The molecule has 4 atom stereocenters. The maximum absolute atomic E-state index is 14.2. The molecule has 256 valence electrons. The van der Waals surface area contributed by atoms with E-state index >= 15 is 0 Å². The summed E-state index contributed by atoms with van der Waals surface area (Å²) < 4.78 is 38.9. The molecule has 0 aliphatic rings. The van der Waals surface area contributed by atoms with Crippen molar-refractivity contribution in [2.45, 2.75) is 97.9 Å². The topological polar surface area (TPSA) is 60.9 Å². The van der Waals surface area contributed by atoms with Crippen LogP contribution in [0.25, 0.3) is 0 Å². The maximum atomic E-state index is 14.2. The van der Waals surface area contributed by atoms with E-state index in [0.29, 0.717) is 29.3 Å². The fourth-order valence-electron chi connectivity index (χ4n) is 5.75. The third-order valence-corrected chi connectivity index (χ3v) is 8.70. The van der Waals surface area contributed by atoms with Gasteiger partial charge < -0.3 is 14.7 Å². The lowest BCUT2D eigenvalue weighted by atomic mass is 9.95. The molecule has 2 aromatic carbocycles. The Kier molecular flexibility index (Phi) is 14.6. The molecule has 0 fully saturated rings. The number of nitrogens with zero attached hydrogens (tertiary/aromatic N) is 3. The van der Waals surface area contributed by atoms with E-state index < -0.39 is 23.8 Å². The predicted octanol–water partition coefficient (Wildman–Crippen LogP) is 7.76. The summed E-state index contributed by atoms with van der Waals surface area (Å²) >= 11 is 6.26. The van der Waals surface area contributed by atoms with Crippen LogP contribution in [0.3, 0.4) is 0 Å². The monoisotopic (exact) mass is 665 g/mol. The summed E-state index contributed by atoms with van der Waals surface area (Å²) in [7, 11) is 4.99. The van der Waals surface area contributed by atoms with Gasteiger partial charge in [0.2, 0.25) is 17.7 Å². The summed E-state index contributed by atoms with van der Waals surface area (Å²) in [6.45, 7) is 12.0. The van der Waals surface area contributed by atoms with Crippen LogP contribution >= 0.6 is 11.6 Å². The molecule has 2 aromatic rings. The minimum absolute atomic E-state index is 0.0419. The van der Waals surface area contributed by atoms with E-state index in [2.05, 4.69) is 13.8 Å². The van der Waals surface area contributed by atoms with E-state index in [1.165, 1.54) is 21.9 Å². The van der Waals surface area contributed by atoms with Gasteiger partial charge in [-0.25, -0.2) is 0 Å². The van der Waals surface area contributed by atoms with Crippen LogP contribution in [0.4, 0.5) is 13.2 Å². The van der Waals surface area contributed by atoms with Crippen molar-refractivity contribution < 1.29 is 27.6 Å². The van der Waals surface area contributed by atoms with Gasteiger partial charge in [0, 0.05) is 45.0 Å². The highest BCUT2D eigenvalue weighted by atomic mass is 35.5. The number of alkyl halides is 3. The first-order chi connectivity index (χ1) is 21.3. The van der Waals surface area contributed by atoms with Crippen LogP contribution in [0.2, 0.25) is 5.02 Å². The van der Waals surface area contributed by atoms with E-state index in [1.807, 2.05) is 39.8 Å². The zero-order valence-electron chi connectivity index (χ0n) is 28.7. The van der Waals surface area contributed by atoms with E-state index in [-0.39, 0.29) is 48.4 Å². The minimum Gasteiger partial charge on any atom is -0.341 e. The molecule has 0 heterocycles. The summed E-state index contributed by atoms with van der Waals surface area (Å²) in [5.74, 6) is -0.470. The summed E-state index contributed by atoms with van der Waals surface area (Å²) in [5, 5.41) is 0.535. The summed E-state index contributed by atoms with van der Waals surface area (Å²) in [6, 6.07) is 10.5. The zero-order valence-corrected chi connectivity index (χ0v) is 29.5. The highest BCUT2D eigenvalue weighted by Gasteiger charge is 2.37. The van der Waals surface area contributed by atoms with Crippen LogP contribution in [-0.2, 0) is 33.4 Å². The standard InChI is InChI=1S/C36H51ClF3N3O3/c1-23(2)17-26(6)41(7)34(45)32(22-28-11-10-12-30(37)21-28)43(9)35(46)31(18-24(3)4)42(8)33(44)20-25(5)19-27-13-15-29(16-14-27)36(38,39)40/h10-16,21,23-26,31-32H,17-20,22H2,1-9H3/t25-,26+,31-,32-/m0/s1. The van der Waals surface area contributed by atoms with Crippen LogP contribution in [0.5, 0.6) is 0 Å². The summed E-state index contributed by atoms with van der Waals surface area (Å²) in [5.41, 5.74) is 0.799. The molecule has 0 bridgehead atoms. The molecular formula is C36H51ClF3N3O3. The van der Waals surface area contributed by atoms with Crippen molar-refractivity contribution in [1.82, 2.24) is 14.7 Å². The molecule has 0 saturated heterocycles. The van der Waals surface area contributed by atoms with E-state index in [4.69, 9.17) is 11.6 Å². The lowest BCUT2D eigenvalue weighted by molar-refractivity contribution is -0.151. The maximum Gasteiger partial charge on any atom is 0.416 e. The third-order valence-electron chi connectivity index (χ3n) is 8.47. The molecule has 0 spiro atoms. The first-order valence-electron chi connectivity index (χ1n) is 16.0. The van der Waals surface area contributed by atoms with E-state index in [9.17, 15) is 27.6 Å². The number of likely N-dealkylation sites (N-methyl/N-ethyl adjacent to an activating group) is 3. The van der Waals surface area contributed by atoms with Crippen molar-refractivity contribution in [1.29, 1.82) is 0 Å². The van der Waals surface area contributed by atoms with Crippen LogP contribution in [0, 0.1) is 17.8 Å². The van der Waals surface area contributed by atoms with Crippen LogP contribution in [0.1, 0.15) is 77.5 Å². The Balaban J connectivity index is 2.29. The molecule has 2 rings (SSSR count). The lowest BCUT2D eigenvalue weighted by Crippen LogP contribution is -2.56. The van der Waals surface area contributed by atoms with Gasteiger partial charge in [-0.3, -0.25) is 14.4 Å². The second-order valence-electron chi connectivity index (χ2n) is 13.6. The van der Waals surface area contributed by atoms with Gasteiger partial charge >= 0.3 is 6.18 Å². The molecule has 6 nitrogen and oxygen atoms in total. The Hall–Kier alpha value is -3.07. The fraction of sp³-hybridized carbons (Fsp3) is 0.583. The zero-order chi connectivity index (χ0) is 34.9. The van der Waals surface area contributed by atoms with Crippen molar-refractivity contribution >= 4 is 29.3 Å². The minimum atomic E-state index is -4.41. The third kappa shape index (κ3) is 11.6. The van der Waals surface area contributed by atoms with Gasteiger partial charge in [-0.2, -0.15) is 13.2 Å². The molecule has 46 heavy (non-hydrogen) atoms. The predicted molar refractivity (Wildman–Crippen MR) is 178 cm³/mol. The molecule has 0 aliphatic carbocycles. The van der Waals surface area contributed by atoms with Crippen LogP contribution in [0.15, 0.2) is 48.5 Å². The Morgan fingerprint density at radius 3 is 1.80 bits per heavy atom. The second-order valence-corrected chi connectivity index (χ2v) is 14.0. The Bertz CT molecular complexity index is 1300. The van der Waals surface area contributed by atoms with Crippen molar-refractivity contribution in [2.75, 3.05) is 21.1 Å². The summed E-state index contributed by atoms with van der Waals surface area (Å²) in [6.07, 6.45) is -2.41. The van der Waals surface area contributed by atoms with Gasteiger partial charge in [0.1, 0.15) is 12.1 Å². The SMILES string of the molecule is CC(C)C[C@@H](C)N(C)C(=O)[C@H](Cc1cccc(Cl)c1)N(C)C(=O)[C@H](CC(C)C)N(C)C(=O)C[C@@H](C)Cc1ccc(C(F)(F)F)cc1. The number of rotatable bonds is 15. The van der Waals surface area contributed by atoms with Crippen molar-refractivity contribution in [3.8, 4) is 0 Å². The highest BCUT2D eigenvalue weighted by Crippen LogP contribution is 2.30. The van der Waals surface area contributed by atoms with Crippen LogP contribution in [-0.4, -0.2) is 71.7 Å². The van der Waals surface area contributed by atoms with Crippen LogP contribution < -0.4 is 0 Å². The number of halogens is 4. The number of benzene rings is 2. The molecule has 3 amide bonds. The molecule has 0 N–H and O–H groups in total. The van der Waals surface area contributed by atoms with Crippen molar-refractivity contribution in [3.63, 3.8) is 0 Å². The first-order valence-corrected chi connectivity index (χ1v) is 16.4.